The van der Waals surface area contributed by atoms with E-state index in [-0.39, 0.29) is 23.0 Å². The molecule has 0 bridgehead atoms. The summed E-state index contributed by atoms with van der Waals surface area (Å²) in [5.41, 5.74) is 1.57. The van der Waals surface area contributed by atoms with Crippen LogP contribution in [0.5, 0.6) is 0 Å². The Morgan fingerprint density at radius 1 is 1.10 bits per heavy atom. The Kier molecular flexibility index (Phi) is 7.90. The second-order valence-electron chi connectivity index (χ2n) is 11.0. The van der Waals surface area contributed by atoms with Crippen LogP contribution in [-0.4, -0.2) is 89.0 Å². The van der Waals surface area contributed by atoms with Crippen molar-refractivity contribution in [3.8, 4) is 16.8 Å². The predicted molar refractivity (Wildman–Crippen MR) is 155 cm³/mol. The van der Waals surface area contributed by atoms with Crippen molar-refractivity contribution in [1.29, 1.82) is 0 Å². The molecule has 42 heavy (non-hydrogen) atoms. The number of halogens is 2. The Morgan fingerprint density at radius 3 is 2.50 bits per heavy atom. The van der Waals surface area contributed by atoms with Gasteiger partial charge in [-0.2, -0.15) is 0 Å². The number of nitrogens with zero attached hydrogens (tertiary/aromatic N) is 7. The highest BCUT2D eigenvalue weighted by molar-refractivity contribution is 7.90. The number of piperidine rings is 1. The van der Waals surface area contributed by atoms with Gasteiger partial charge in [-0.05, 0) is 25.3 Å². The second-order valence-corrected chi connectivity index (χ2v) is 13.2. The minimum atomic E-state index is -3.56. The highest BCUT2D eigenvalue weighted by Gasteiger charge is 2.32. The summed E-state index contributed by atoms with van der Waals surface area (Å²) in [6, 6.07) is 3.02. The van der Waals surface area contributed by atoms with Crippen molar-refractivity contribution in [2.24, 2.45) is 0 Å². The van der Waals surface area contributed by atoms with E-state index in [9.17, 15) is 8.42 Å². The standard InChI is InChI=1S/C29H33F2N7O3S/c1-3-10-42(39,40)17-19-4-5-24(30)28(26(19)31)38-14-23(20-11-32-18-33-12-20)27-25(38)13-34-29(35-27)36(2)21-6-8-37(9-7-21)22-15-41-16-22/h4-5,11-14,18,21-22H,3,6-10,15-17H2,1-2H3. The summed E-state index contributed by atoms with van der Waals surface area (Å²) in [7, 11) is -1.59. The molecule has 0 N–H and O–H groups in total. The summed E-state index contributed by atoms with van der Waals surface area (Å²) >= 11 is 0. The maximum Gasteiger partial charge on any atom is 0.225 e. The molecule has 0 saturated carbocycles. The molecule has 3 aromatic heterocycles. The van der Waals surface area contributed by atoms with Gasteiger partial charge in [0.15, 0.2) is 15.7 Å². The van der Waals surface area contributed by atoms with Crippen molar-refractivity contribution < 1.29 is 21.9 Å². The molecule has 222 valence electrons. The lowest BCUT2D eigenvalue weighted by molar-refractivity contribution is -0.0711. The highest BCUT2D eigenvalue weighted by atomic mass is 32.2. The monoisotopic (exact) mass is 597 g/mol. The van der Waals surface area contributed by atoms with Crippen molar-refractivity contribution in [2.45, 2.75) is 44.0 Å². The first kappa shape index (κ1) is 28.6. The molecule has 2 saturated heterocycles. The van der Waals surface area contributed by atoms with E-state index in [0.717, 1.165) is 45.2 Å². The van der Waals surface area contributed by atoms with E-state index >= 15 is 8.78 Å². The molecule has 6 rings (SSSR count). The second kappa shape index (κ2) is 11.6. The molecule has 1 aromatic carbocycles. The quantitative estimate of drug-likeness (QED) is 0.285. The van der Waals surface area contributed by atoms with Crippen LogP contribution in [0.2, 0.25) is 0 Å². The van der Waals surface area contributed by atoms with Crippen LogP contribution in [-0.2, 0) is 20.3 Å². The number of hydrogen-bond donors (Lipinski definition) is 0. The molecule has 0 spiro atoms. The number of hydrogen-bond acceptors (Lipinski definition) is 9. The Balaban J connectivity index is 1.40. The molecule has 13 heteroatoms. The number of benzene rings is 1. The maximum absolute atomic E-state index is 15.9. The van der Waals surface area contributed by atoms with Gasteiger partial charge in [-0.25, -0.2) is 37.1 Å². The van der Waals surface area contributed by atoms with E-state index in [1.54, 1.807) is 31.7 Å². The van der Waals surface area contributed by atoms with E-state index in [1.165, 1.54) is 17.0 Å². The maximum atomic E-state index is 15.9. The van der Waals surface area contributed by atoms with E-state index in [0.29, 0.717) is 40.6 Å². The SMILES string of the molecule is CCCS(=O)(=O)Cc1ccc(F)c(-n2cc(-c3cncnc3)c3nc(N(C)C4CCN(C5COC5)CC4)ncc32)c1F. The number of aromatic nitrogens is 5. The number of ether oxygens (including phenoxy) is 1. The molecule has 0 unspecified atom stereocenters. The van der Waals surface area contributed by atoms with Crippen LogP contribution in [0.25, 0.3) is 27.8 Å². The van der Waals surface area contributed by atoms with Gasteiger partial charge in [-0.1, -0.05) is 13.0 Å². The highest BCUT2D eigenvalue weighted by Crippen LogP contribution is 2.34. The van der Waals surface area contributed by atoms with Gasteiger partial charge >= 0.3 is 0 Å². The molecular formula is C29H33F2N7O3S. The smallest absolute Gasteiger partial charge is 0.225 e. The lowest BCUT2D eigenvalue weighted by Crippen LogP contribution is -2.54. The molecule has 0 aliphatic carbocycles. The summed E-state index contributed by atoms with van der Waals surface area (Å²) in [6.45, 7) is 5.27. The molecule has 5 heterocycles. The molecule has 10 nitrogen and oxygen atoms in total. The molecule has 0 radical (unpaired) electrons. The molecule has 0 amide bonds. The molecular weight excluding hydrogens is 564 g/mol. The minimum absolute atomic E-state index is 0.0814. The zero-order valence-electron chi connectivity index (χ0n) is 23.6. The fraction of sp³-hybridized carbons (Fsp3) is 0.448. The van der Waals surface area contributed by atoms with Gasteiger partial charge < -0.3 is 14.2 Å². The molecule has 4 aromatic rings. The van der Waals surface area contributed by atoms with Crippen molar-refractivity contribution >= 4 is 26.8 Å². The number of fused-ring (bicyclic) bond motifs is 1. The topological polar surface area (TPSA) is 106 Å². The fourth-order valence-electron chi connectivity index (χ4n) is 5.78. The van der Waals surface area contributed by atoms with Gasteiger partial charge in [0.25, 0.3) is 0 Å². The average Bonchev–Trinajstić information content (AvgIpc) is 3.33. The lowest BCUT2D eigenvalue weighted by Gasteiger charge is -2.43. The van der Waals surface area contributed by atoms with E-state index in [4.69, 9.17) is 9.72 Å². The minimum Gasteiger partial charge on any atom is -0.378 e. The number of anilines is 1. The largest absolute Gasteiger partial charge is 0.378 e. The first-order valence-corrected chi connectivity index (χ1v) is 15.9. The van der Waals surface area contributed by atoms with Crippen molar-refractivity contribution in [3.05, 3.63) is 60.4 Å². The van der Waals surface area contributed by atoms with Crippen LogP contribution in [0.3, 0.4) is 0 Å². The lowest BCUT2D eigenvalue weighted by atomic mass is 10.0. The molecule has 2 fully saturated rings. The first-order chi connectivity index (χ1) is 20.3. The summed E-state index contributed by atoms with van der Waals surface area (Å²) in [5, 5.41) is 0. The first-order valence-electron chi connectivity index (χ1n) is 14.1. The van der Waals surface area contributed by atoms with Crippen LogP contribution in [0.4, 0.5) is 14.7 Å². The molecule has 0 atom stereocenters. The fourth-order valence-corrected chi connectivity index (χ4v) is 7.24. The third-order valence-corrected chi connectivity index (χ3v) is 9.96. The Morgan fingerprint density at radius 2 is 1.83 bits per heavy atom. The van der Waals surface area contributed by atoms with Crippen LogP contribution in [0.15, 0.2) is 43.2 Å². The number of rotatable bonds is 9. The summed E-state index contributed by atoms with van der Waals surface area (Å²) in [5.74, 6) is -1.86. The van der Waals surface area contributed by atoms with Gasteiger partial charge in [0.05, 0.1) is 42.5 Å². The van der Waals surface area contributed by atoms with Crippen LogP contribution >= 0.6 is 0 Å². The Labute approximate surface area is 243 Å². The predicted octanol–water partition coefficient (Wildman–Crippen LogP) is 3.78. The van der Waals surface area contributed by atoms with Gasteiger partial charge in [0.1, 0.15) is 23.3 Å². The zero-order valence-corrected chi connectivity index (χ0v) is 24.4. The summed E-state index contributed by atoms with van der Waals surface area (Å²) in [4.78, 5) is 22.3. The van der Waals surface area contributed by atoms with Crippen molar-refractivity contribution in [2.75, 3.05) is 44.0 Å². The summed E-state index contributed by atoms with van der Waals surface area (Å²) < 4.78 is 62.8. The Bertz CT molecular complexity index is 1690. The van der Waals surface area contributed by atoms with Crippen LogP contribution in [0.1, 0.15) is 31.7 Å². The Hall–Kier alpha value is -3.55. The number of likely N-dealkylation sites (tertiary alicyclic amines) is 1. The number of sulfone groups is 1. The van der Waals surface area contributed by atoms with Gasteiger partial charge in [-0.3, -0.25) is 4.90 Å². The van der Waals surface area contributed by atoms with Crippen LogP contribution < -0.4 is 4.90 Å². The van der Waals surface area contributed by atoms with Gasteiger partial charge in [0, 0.05) is 61.5 Å². The van der Waals surface area contributed by atoms with Crippen molar-refractivity contribution in [3.63, 3.8) is 0 Å². The van der Waals surface area contributed by atoms with Crippen molar-refractivity contribution in [1.82, 2.24) is 29.4 Å². The summed E-state index contributed by atoms with van der Waals surface area (Å²) in [6.07, 6.45) is 10.1. The third kappa shape index (κ3) is 5.48. The van der Waals surface area contributed by atoms with E-state index in [2.05, 4.69) is 24.8 Å². The van der Waals surface area contributed by atoms with E-state index < -0.39 is 27.2 Å². The van der Waals surface area contributed by atoms with Crippen LogP contribution in [0, 0.1) is 11.6 Å². The normalized spacial score (nSPS) is 17.0. The van der Waals surface area contributed by atoms with Gasteiger partial charge in [-0.15, -0.1) is 0 Å². The van der Waals surface area contributed by atoms with Gasteiger partial charge in [0.2, 0.25) is 5.95 Å². The molecule has 2 aliphatic rings. The molecule has 2 aliphatic heterocycles. The average molecular weight is 598 g/mol. The third-order valence-electron chi connectivity index (χ3n) is 8.18. The zero-order chi connectivity index (χ0) is 29.4. The van der Waals surface area contributed by atoms with E-state index in [1.807, 2.05) is 7.05 Å².